The van der Waals surface area contributed by atoms with Crippen molar-refractivity contribution >= 4 is 38.6 Å². The molecule has 322 valence electrons. The van der Waals surface area contributed by atoms with Gasteiger partial charge in [-0.2, -0.15) is 0 Å². The minimum Gasteiger partial charge on any atom is -0.508 e. The number of hydrogen-bond acceptors (Lipinski definition) is 6. The normalized spacial score (nSPS) is 15.2. The number of H-pyrrole nitrogens is 3. The molecule has 2 aliphatic heterocycles. The topological polar surface area (TPSA) is 166 Å². The summed E-state index contributed by atoms with van der Waals surface area (Å²) in [6.07, 6.45) is 4.80. The van der Waals surface area contributed by atoms with Gasteiger partial charge in [0.05, 0.1) is 12.1 Å². The molecule has 9 aromatic rings. The Morgan fingerprint density at radius 3 is 1.71 bits per heavy atom. The smallest absolute Gasteiger partial charge is 0.254 e. The molecule has 1 amide bonds. The molecular weight excluding hydrogens is 785 g/mol. The lowest BCUT2D eigenvalue weighted by Gasteiger charge is -2.36. The maximum atomic E-state index is 13.4. The van der Waals surface area contributed by atoms with Crippen molar-refractivity contribution in [2.75, 3.05) is 19.6 Å². The van der Waals surface area contributed by atoms with Gasteiger partial charge >= 0.3 is 0 Å². The van der Waals surface area contributed by atoms with Crippen molar-refractivity contribution < 1.29 is 20.1 Å². The van der Waals surface area contributed by atoms with Crippen molar-refractivity contribution in [2.45, 2.75) is 46.2 Å². The Bertz CT molecular complexity index is 2930. The summed E-state index contributed by atoms with van der Waals surface area (Å²) >= 11 is 0. The van der Waals surface area contributed by atoms with E-state index < -0.39 is 0 Å². The highest BCUT2D eigenvalue weighted by molar-refractivity contribution is 5.96. The molecule has 10 nitrogen and oxygen atoms in total. The number of benzene rings is 6. The molecule has 0 saturated heterocycles. The quantitative estimate of drug-likeness (QED) is 0.0859. The number of amides is 1. The fourth-order valence-electron chi connectivity index (χ4n) is 8.86. The van der Waals surface area contributed by atoms with E-state index in [-0.39, 0.29) is 44.3 Å². The lowest BCUT2D eigenvalue weighted by molar-refractivity contribution is 0.0692. The predicted molar refractivity (Wildman–Crippen MR) is 256 cm³/mol. The van der Waals surface area contributed by atoms with E-state index in [9.17, 15) is 20.1 Å². The van der Waals surface area contributed by atoms with Gasteiger partial charge in [0.2, 0.25) is 0 Å². The summed E-state index contributed by atoms with van der Waals surface area (Å²) in [4.78, 5) is 25.5. The number of nitrogens with zero attached hydrogens (tertiary/aromatic N) is 1. The Balaban J connectivity index is 0.000000152. The predicted octanol–water partition coefficient (Wildman–Crippen LogP) is 10.4. The summed E-state index contributed by atoms with van der Waals surface area (Å²) in [6, 6.07) is 45.6. The fourth-order valence-corrected chi connectivity index (χ4v) is 8.86. The molecule has 2 unspecified atom stereocenters. The van der Waals surface area contributed by atoms with E-state index in [2.05, 4.69) is 68.8 Å². The molecule has 10 heteroatoms. The van der Waals surface area contributed by atoms with Gasteiger partial charge in [-0.1, -0.05) is 93.7 Å². The first-order valence-electron chi connectivity index (χ1n) is 20.7. The molecule has 5 heterocycles. The number of aromatic nitrogens is 3. The number of nitrogens with two attached hydrogens (primary N) is 1. The number of phenols is 3. The molecule has 6 aromatic carbocycles. The Kier molecular flexibility index (Phi) is 13.3. The standard InChI is InChI=1S/C24H20N2O3.C17H16N2O.C10H12N2.2CH4/c27-17-9-5-15(6-10-17)23-22-20(19-3-1-2-4-21(19)25-22)13-14-26(23)24(29)16-7-11-18(28)12-8-16;20-12-7-5-11(6-8-12)16-17-14(9-10-18-16)13-3-1-2-4-15(13)19-17;11-6-5-8-7-12-10-4-2-1-3-9(8)10;;/h1-12,23,25,27-28H,13-14H2;1-8,16,18-20H,9-10H2;1-4,7,12H,5-6,11H2;2*1H4. The van der Waals surface area contributed by atoms with Crippen LogP contribution < -0.4 is 11.1 Å². The van der Waals surface area contributed by atoms with Gasteiger partial charge in [0, 0.05) is 68.9 Å². The SMILES string of the molecule is C.C.NCCc1c[nH]c2ccccc12.O=C(c1ccc(O)cc1)N1CCc2c([nH]c3ccccc23)C1c1ccc(O)cc1.Oc1ccc(C2NCCc3c2[nH]c2ccccc32)cc1. The summed E-state index contributed by atoms with van der Waals surface area (Å²) < 4.78 is 0. The van der Waals surface area contributed by atoms with Crippen molar-refractivity contribution in [1.29, 1.82) is 0 Å². The van der Waals surface area contributed by atoms with E-state index >= 15 is 0 Å². The molecule has 63 heavy (non-hydrogen) atoms. The van der Waals surface area contributed by atoms with Crippen molar-refractivity contribution in [2.24, 2.45) is 5.73 Å². The molecule has 0 aliphatic carbocycles. The van der Waals surface area contributed by atoms with Gasteiger partial charge in [0.15, 0.2) is 0 Å². The van der Waals surface area contributed by atoms with Gasteiger partial charge in [-0.3, -0.25) is 4.79 Å². The number of rotatable bonds is 5. The number of carbonyl (C=O) groups excluding carboxylic acids is 1. The number of aromatic amines is 3. The van der Waals surface area contributed by atoms with Crippen LogP contribution >= 0.6 is 0 Å². The third kappa shape index (κ3) is 8.90. The summed E-state index contributed by atoms with van der Waals surface area (Å²) in [7, 11) is 0. The minimum atomic E-state index is -0.284. The number of phenolic OH excluding ortho intramolecular Hbond substituents is 3. The number of aromatic hydroxyl groups is 3. The number of hydrogen-bond donors (Lipinski definition) is 8. The van der Waals surface area contributed by atoms with Crippen molar-refractivity contribution in [1.82, 2.24) is 25.2 Å². The largest absolute Gasteiger partial charge is 0.508 e. The van der Waals surface area contributed by atoms with E-state index in [1.165, 1.54) is 67.3 Å². The van der Waals surface area contributed by atoms with E-state index in [1.54, 1.807) is 36.4 Å². The Morgan fingerprint density at radius 1 is 0.603 bits per heavy atom. The van der Waals surface area contributed by atoms with Gasteiger partial charge in [-0.25, -0.2) is 0 Å². The summed E-state index contributed by atoms with van der Waals surface area (Å²) in [5.41, 5.74) is 17.8. The maximum Gasteiger partial charge on any atom is 0.254 e. The van der Waals surface area contributed by atoms with Crippen LogP contribution in [0.3, 0.4) is 0 Å². The van der Waals surface area contributed by atoms with Crippen LogP contribution in [0.5, 0.6) is 17.2 Å². The monoisotopic (exact) mass is 840 g/mol. The van der Waals surface area contributed by atoms with Crippen LogP contribution in [0.4, 0.5) is 0 Å². The lowest BCUT2D eigenvalue weighted by Crippen LogP contribution is -2.40. The van der Waals surface area contributed by atoms with Crippen LogP contribution in [0.1, 0.15) is 76.5 Å². The first kappa shape index (κ1) is 43.8. The van der Waals surface area contributed by atoms with Crippen molar-refractivity contribution in [3.63, 3.8) is 0 Å². The molecule has 2 atom stereocenters. The third-order valence-electron chi connectivity index (χ3n) is 11.8. The lowest BCUT2D eigenvalue weighted by atomic mass is 9.91. The van der Waals surface area contributed by atoms with E-state index in [0.29, 0.717) is 24.4 Å². The number of fused-ring (bicyclic) bond motifs is 7. The Labute approximate surface area is 368 Å². The van der Waals surface area contributed by atoms with Crippen LogP contribution in [0.25, 0.3) is 32.7 Å². The maximum absolute atomic E-state index is 13.4. The molecule has 0 bridgehead atoms. The number of nitrogens with one attached hydrogen (secondary N) is 4. The van der Waals surface area contributed by atoms with Gasteiger partial charge in [-0.15, -0.1) is 0 Å². The first-order valence-corrected chi connectivity index (χ1v) is 20.7. The number of para-hydroxylation sites is 3. The third-order valence-corrected chi connectivity index (χ3v) is 11.8. The average molecular weight is 841 g/mol. The Morgan fingerprint density at radius 2 is 1.11 bits per heavy atom. The van der Waals surface area contributed by atoms with Crippen LogP contribution in [-0.4, -0.2) is 60.7 Å². The van der Waals surface area contributed by atoms with Gasteiger partial charge in [0.25, 0.3) is 5.91 Å². The molecule has 0 fully saturated rings. The van der Waals surface area contributed by atoms with Gasteiger partial charge in [-0.05, 0) is 120 Å². The van der Waals surface area contributed by atoms with E-state index in [4.69, 9.17) is 5.73 Å². The highest BCUT2D eigenvalue weighted by Crippen LogP contribution is 2.40. The van der Waals surface area contributed by atoms with Crippen LogP contribution in [0, 0.1) is 0 Å². The highest BCUT2D eigenvalue weighted by atomic mass is 16.3. The molecule has 2 aliphatic rings. The summed E-state index contributed by atoms with van der Waals surface area (Å²) in [5.74, 6) is 0.542. The second-order valence-electron chi connectivity index (χ2n) is 15.5. The molecule has 0 spiro atoms. The van der Waals surface area contributed by atoms with Crippen molar-refractivity contribution in [3.8, 4) is 17.2 Å². The van der Waals surface area contributed by atoms with E-state index in [0.717, 1.165) is 42.6 Å². The fraction of sp³-hybridized carbons (Fsp3) is 0.189. The van der Waals surface area contributed by atoms with Crippen molar-refractivity contribution in [3.05, 3.63) is 197 Å². The number of carbonyl (C=O) groups is 1. The van der Waals surface area contributed by atoms with Gasteiger partial charge < -0.3 is 46.2 Å². The molecular formula is C53H56N6O4. The molecule has 0 saturated carbocycles. The highest BCUT2D eigenvalue weighted by Gasteiger charge is 2.35. The summed E-state index contributed by atoms with van der Waals surface area (Å²) in [6.45, 7) is 2.27. The minimum absolute atomic E-state index is 0. The zero-order chi connectivity index (χ0) is 41.9. The second kappa shape index (κ2) is 19.2. The van der Waals surface area contributed by atoms with Crippen LogP contribution in [0.15, 0.2) is 152 Å². The molecule has 9 N–H and O–H groups in total. The van der Waals surface area contributed by atoms with Crippen LogP contribution in [-0.2, 0) is 19.3 Å². The molecule has 3 aromatic heterocycles. The molecule has 11 rings (SSSR count). The zero-order valence-electron chi connectivity index (χ0n) is 33.6. The molecule has 0 radical (unpaired) electrons. The Hall–Kier alpha value is -7.27. The zero-order valence-corrected chi connectivity index (χ0v) is 33.6. The van der Waals surface area contributed by atoms with E-state index in [1.807, 2.05) is 59.6 Å². The second-order valence-corrected chi connectivity index (χ2v) is 15.5. The summed E-state index contributed by atoms with van der Waals surface area (Å²) in [5, 5.41) is 36.1. The first-order chi connectivity index (χ1) is 29.9. The van der Waals surface area contributed by atoms with Gasteiger partial charge in [0.1, 0.15) is 17.2 Å². The average Bonchev–Trinajstić information content (AvgIpc) is 4.01. The van der Waals surface area contributed by atoms with Crippen LogP contribution in [0.2, 0.25) is 0 Å².